The first kappa shape index (κ1) is 15.5. The third-order valence-electron chi connectivity index (χ3n) is 2.93. The molecule has 2 rings (SSSR count). The van der Waals surface area contributed by atoms with Crippen molar-refractivity contribution in [2.75, 3.05) is 5.73 Å². The van der Waals surface area contributed by atoms with Crippen molar-refractivity contribution in [3.05, 3.63) is 58.1 Å². The number of aryl methyl sites for hydroxylation is 1. The van der Waals surface area contributed by atoms with E-state index in [0.29, 0.717) is 5.02 Å². The Morgan fingerprint density at radius 2 is 1.86 bits per heavy atom. The van der Waals surface area contributed by atoms with Gasteiger partial charge in [0, 0.05) is 10.6 Å². The molecule has 0 aliphatic rings. The predicted molar refractivity (Wildman–Crippen MR) is 76.4 cm³/mol. The lowest BCUT2D eigenvalue weighted by Gasteiger charge is -2.13. The van der Waals surface area contributed by atoms with Gasteiger partial charge in [0.1, 0.15) is 12.4 Å². The van der Waals surface area contributed by atoms with E-state index in [1.165, 1.54) is 6.07 Å². The highest BCUT2D eigenvalue weighted by atomic mass is 35.5. The van der Waals surface area contributed by atoms with E-state index < -0.39 is 11.7 Å². The van der Waals surface area contributed by atoms with Crippen LogP contribution in [0.5, 0.6) is 5.75 Å². The van der Waals surface area contributed by atoms with E-state index in [4.69, 9.17) is 22.1 Å². The fourth-order valence-corrected chi connectivity index (χ4v) is 2.07. The van der Waals surface area contributed by atoms with Crippen LogP contribution in [0.4, 0.5) is 18.9 Å². The van der Waals surface area contributed by atoms with Gasteiger partial charge in [-0.1, -0.05) is 23.7 Å². The van der Waals surface area contributed by atoms with Gasteiger partial charge >= 0.3 is 6.18 Å². The molecule has 2 aromatic rings. The van der Waals surface area contributed by atoms with Crippen LogP contribution in [0, 0.1) is 6.92 Å². The Morgan fingerprint density at radius 1 is 1.14 bits per heavy atom. The molecule has 0 saturated carbocycles. The van der Waals surface area contributed by atoms with Crippen molar-refractivity contribution in [2.45, 2.75) is 19.7 Å². The molecule has 0 amide bonds. The summed E-state index contributed by atoms with van der Waals surface area (Å²) in [6.45, 7) is 2.04. The van der Waals surface area contributed by atoms with Crippen molar-refractivity contribution in [1.82, 2.24) is 0 Å². The second-order valence-electron chi connectivity index (χ2n) is 4.63. The fraction of sp³-hybridized carbons (Fsp3) is 0.200. The summed E-state index contributed by atoms with van der Waals surface area (Å²) < 4.78 is 43.0. The maximum atomic E-state index is 12.5. The lowest BCUT2D eigenvalue weighted by molar-refractivity contribution is -0.137. The van der Waals surface area contributed by atoms with Crippen LogP contribution >= 0.6 is 11.6 Å². The van der Waals surface area contributed by atoms with Crippen molar-refractivity contribution < 1.29 is 17.9 Å². The molecular weight excluding hydrogens is 303 g/mol. The number of alkyl halides is 3. The first-order chi connectivity index (χ1) is 9.77. The quantitative estimate of drug-likeness (QED) is 0.823. The minimum atomic E-state index is -4.42. The molecule has 0 bridgehead atoms. The van der Waals surface area contributed by atoms with Gasteiger partial charge in [-0.25, -0.2) is 0 Å². The normalized spacial score (nSPS) is 11.5. The van der Waals surface area contributed by atoms with Crippen molar-refractivity contribution >= 4 is 17.3 Å². The van der Waals surface area contributed by atoms with Crippen LogP contribution < -0.4 is 10.5 Å². The standard InChI is InChI=1S/C15H13ClF3NO/c1-9-2-3-10(12(16)6-9)8-21-14-5-4-11(7-13(14)20)15(17,18)19/h2-7H,8,20H2,1H3. The van der Waals surface area contributed by atoms with Gasteiger partial charge in [-0.15, -0.1) is 0 Å². The number of hydrogen-bond donors (Lipinski definition) is 1. The smallest absolute Gasteiger partial charge is 0.416 e. The maximum absolute atomic E-state index is 12.5. The molecule has 21 heavy (non-hydrogen) atoms. The van der Waals surface area contributed by atoms with Gasteiger partial charge in [0.2, 0.25) is 0 Å². The van der Waals surface area contributed by atoms with E-state index in [1.54, 1.807) is 12.1 Å². The molecule has 0 heterocycles. The Labute approximate surface area is 125 Å². The number of benzene rings is 2. The summed E-state index contributed by atoms with van der Waals surface area (Å²) in [4.78, 5) is 0. The number of hydrogen-bond acceptors (Lipinski definition) is 2. The van der Waals surface area contributed by atoms with Crippen LogP contribution in [-0.2, 0) is 12.8 Å². The molecule has 0 atom stereocenters. The van der Waals surface area contributed by atoms with E-state index in [2.05, 4.69) is 0 Å². The van der Waals surface area contributed by atoms with Crippen LogP contribution in [0.15, 0.2) is 36.4 Å². The minimum Gasteiger partial charge on any atom is -0.487 e. The van der Waals surface area contributed by atoms with Crippen LogP contribution in [0.25, 0.3) is 0 Å². The van der Waals surface area contributed by atoms with E-state index in [0.717, 1.165) is 23.3 Å². The molecule has 0 aliphatic carbocycles. The Balaban J connectivity index is 2.13. The van der Waals surface area contributed by atoms with Gasteiger partial charge in [0.15, 0.2) is 0 Å². The zero-order chi connectivity index (χ0) is 15.6. The number of anilines is 1. The molecule has 6 heteroatoms. The Bertz CT molecular complexity index is 656. The SMILES string of the molecule is Cc1ccc(COc2ccc(C(F)(F)F)cc2N)c(Cl)c1. The van der Waals surface area contributed by atoms with Gasteiger partial charge in [0.05, 0.1) is 11.3 Å². The highest BCUT2D eigenvalue weighted by Crippen LogP contribution is 2.34. The molecule has 0 radical (unpaired) electrons. The molecule has 0 aromatic heterocycles. The average Bonchev–Trinajstić information content (AvgIpc) is 2.38. The van der Waals surface area contributed by atoms with E-state index in [9.17, 15) is 13.2 Å². The van der Waals surface area contributed by atoms with Crippen molar-refractivity contribution in [3.63, 3.8) is 0 Å². The number of rotatable bonds is 3. The number of nitrogen functional groups attached to an aromatic ring is 1. The van der Waals surface area contributed by atoms with E-state index >= 15 is 0 Å². The fourth-order valence-electron chi connectivity index (χ4n) is 1.78. The summed E-state index contributed by atoms with van der Waals surface area (Å²) in [5.41, 5.74) is 6.47. The van der Waals surface area contributed by atoms with Crippen LogP contribution in [-0.4, -0.2) is 0 Å². The first-order valence-electron chi connectivity index (χ1n) is 6.12. The van der Waals surface area contributed by atoms with Crippen molar-refractivity contribution in [2.24, 2.45) is 0 Å². The largest absolute Gasteiger partial charge is 0.487 e. The zero-order valence-corrected chi connectivity index (χ0v) is 11.9. The minimum absolute atomic E-state index is 0.0620. The third kappa shape index (κ3) is 3.82. The maximum Gasteiger partial charge on any atom is 0.416 e. The Kier molecular flexibility index (Phi) is 4.32. The third-order valence-corrected chi connectivity index (χ3v) is 3.28. The highest BCUT2D eigenvalue weighted by molar-refractivity contribution is 6.31. The summed E-state index contributed by atoms with van der Waals surface area (Å²) >= 11 is 6.06. The molecule has 112 valence electrons. The van der Waals surface area contributed by atoms with Crippen molar-refractivity contribution in [1.29, 1.82) is 0 Å². The molecular formula is C15H13ClF3NO. The summed E-state index contributed by atoms with van der Waals surface area (Å²) in [7, 11) is 0. The first-order valence-corrected chi connectivity index (χ1v) is 6.49. The molecule has 0 fully saturated rings. The van der Waals surface area contributed by atoms with Gasteiger partial charge in [0.25, 0.3) is 0 Å². The van der Waals surface area contributed by atoms with E-state index in [1.807, 2.05) is 13.0 Å². The average molecular weight is 316 g/mol. The van der Waals surface area contributed by atoms with Gasteiger partial charge < -0.3 is 10.5 Å². The second kappa shape index (κ2) is 5.85. The topological polar surface area (TPSA) is 35.2 Å². The lowest BCUT2D eigenvalue weighted by atomic mass is 10.1. The molecule has 2 N–H and O–H groups in total. The molecule has 0 saturated heterocycles. The number of ether oxygens (including phenoxy) is 1. The number of nitrogens with two attached hydrogens (primary N) is 1. The summed E-state index contributed by atoms with van der Waals surface area (Å²) in [6.07, 6.45) is -4.42. The second-order valence-corrected chi connectivity index (χ2v) is 5.04. The van der Waals surface area contributed by atoms with Gasteiger partial charge in [-0.2, -0.15) is 13.2 Å². The van der Waals surface area contributed by atoms with Crippen LogP contribution in [0.3, 0.4) is 0 Å². The molecule has 0 spiro atoms. The molecule has 0 aliphatic heterocycles. The lowest BCUT2D eigenvalue weighted by Crippen LogP contribution is -2.06. The zero-order valence-electron chi connectivity index (χ0n) is 11.2. The molecule has 0 unspecified atom stereocenters. The van der Waals surface area contributed by atoms with E-state index in [-0.39, 0.29) is 18.0 Å². The summed E-state index contributed by atoms with van der Waals surface area (Å²) in [5, 5.41) is 0.542. The monoisotopic (exact) mass is 315 g/mol. The summed E-state index contributed by atoms with van der Waals surface area (Å²) in [6, 6.07) is 8.46. The van der Waals surface area contributed by atoms with Crippen molar-refractivity contribution in [3.8, 4) is 5.75 Å². The molecule has 2 aromatic carbocycles. The summed E-state index contributed by atoms with van der Waals surface area (Å²) in [5.74, 6) is 0.194. The van der Waals surface area contributed by atoms with Gasteiger partial charge in [-0.3, -0.25) is 0 Å². The van der Waals surface area contributed by atoms with Gasteiger partial charge in [-0.05, 0) is 36.8 Å². The van der Waals surface area contributed by atoms with Crippen LogP contribution in [0.1, 0.15) is 16.7 Å². The van der Waals surface area contributed by atoms with Crippen LogP contribution in [0.2, 0.25) is 5.02 Å². The molecule has 2 nitrogen and oxygen atoms in total. The Hall–Kier alpha value is -1.88. The Morgan fingerprint density at radius 3 is 2.43 bits per heavy atom. The predicted octanol–water partition coefficient (Wildman–Crippen LogP) is 4.83. The number of halogens is 4. The highest BCUT2D eigenvalue weighted by Gasteiger charge is 2.30.